The average molecular weight is 427 g/mol. The summed E-state index contributed by atoms with van der Waals surface area (Å²) in [5.41, 5.74) is -1.48. The van der Waals surface area contributed by atoms with Gasteiger partial charge in [0.1, 0.15) is 11.2 Å². The molecule has 0 saturated carbocycles. The first-order valence-corrected chi connectivity index (χ1v) is 10.5. The third-order valence-electron chi connectivity index (χ3n) is 5.16. The summed E-state index contributed by atoms with van der Waals surface area (Å²) in [6.07, 6.45) is 9.40. The lowest BCUT2D eigenvalue weighted by Crippen LogP contribution is -2.45. The molecule has 2 fully saturated rings. The van der Waals surface area contributed by atoms with Crippen LogP contribution in [0.4, 0.5) is 0 Å². The zero-order valence-electron chi connectivity index (χ0n) is 18.5. The molecule has 0 bridgehead atoms. The summed E-state index contributed by atoms with van der Waals surface area (Å²) in [5.74, 6) is -3.81. The number of rotatable bonds is 15. The second-order valence-electron chi connectivity index (χ2n) is 8.80. The van der Waals surface area contributed by atoms with Gasteiger partial charge in [-0.15, -0.1) is 0 Å². The van der Waals surface area contributed by atoms with Gasteiger partial charge in [-0.25, -0.2) is 4.79 Å². The van der Waals surface area contributed by atoms with Crippen LogP contribution in [-0.4, -0.2) is 34.7 Å². The van der Waals surface area contributed by atoms with Crippen molar-refractivity contribution < 1.29 is 38.6 Å². The highest BCUT2D eigenvalue weighted by Gasteiger charge is 2.83. The Bertz CT molecular complexity index is 644. The van der Waals surface area contributed by atoms with Gasteiger partial charge in [-0.2, -0.15) is 19.6 Å². The van der Waals surface area contributed by atoms with E-state index in [0.29, 0.717) is 12.8 Å². The molecule has 0 N–H and O–H groups in total. The fourth-order valence-electron chi connectivity index (χ4n) is 2.87. The summed E-state index contributed by atoms with van der Waals surface area (Å²) in [5, 5.41) is 0. The smallest absolute Gasteiger partial charge is 0.387 e. The lowest BCUT2D eigenvalue weighted by atomic mass is 9.99. The van der Waals surface area contributed by atoms with Crippen LogP contribution in [0.1, 0.15) is 79.1 Å². The average Bonchev–Trinajstić information content (AvgIpc) is 3.57. The fraction of sp³-hybridized carbons (Fsp3) is 0.727. The molecule has 8 nitrogen and oxygen atoms in total. The Kier molecular flexibility index (Phi) is 7.85. The first-order chi connectivity index (χ1) is 14.0. The predicted octanol–water partition coefficient (Wildman–Crippen LogP) is 4.44. The van der Waals surface area contributed by atoms with Crippen molar-refractivity contribution in [1.82, 2.24) is 0 Å². The molecule has 0 radical (unpaired) electrons. The van der Waals surface area contributed by atoms with Gasteiger partial charge in [-0.1, -0.05) is 38.8 Å². The first kappa shape index (κ1) is 24.5. The molecule has 0 aliphatic carbocycles. The number of carbonyl (C=O) groups is 2. The third kappa shape index (κ3) is 6.38. The number of carbonyl (C=O) groups excluding carboxylic acids is 2. The maximum Gasteiger partial charge on any atom is 0.387 e. The maximum absolute atomic E-state index is 12.4. The minimum atomic E-state index is -1.66. The molecule has 2 heterocycles. The summed E-state index contributed by atoms with van der Waals surface area (Å²) in [6.45, 7) is 14.3. The van der Waals surface area contributed by atoms with Crippen LogP contribution in [0.15, 0.2) is 25.3 Å². The van der Waals surface area contributed by atoms with Crippen molar-refractivity contribution in [2.75, 3.05) is 0 Å². The van der Waals surface area contributed by atoms with Crippen LogP contribution in [0.25, 0.3) is 0 Å². The quantitative estimate of drug-likeness (QED) is 0.124. The maximum atomic E-state index is 12.4. The Balaban J connectivity index is 1.60. The molecule has 0 aromatic rings. The molecule has 0 unspecified atom stereocenters. The minimum Gasteiger partial charge on any atom is -0.455 e. The van der Waals surface area contributed by atoms with E-state index in [4.69, 9.17) is 29.0 Å². The van der Waals surface area contributed by atoms with Crippen LogP contribution in [0.2, 0.25) is 0 Å². The minimum absolute atomic E-state index is 0.203. The Morgan fingerprint density at radius 3 is 1.80 bits per heavy atom. The monoisotopic (exact) mass is 426 g/mol. The predicted molar refractivity (Wildman–Crippen MR) is 107 cm³/mol. The molecule has 170 valence electrons. The standard InChI is InChI=1S/C22H34O8/c1-7-19(3,4)25-17(23)15-13-11-9-10-12-14-16-21(27-28-21)22(29-30-22)18(24)26-20(5,6)8-2/h7-8H,1-2,9-16H2,3-6H3. The second kappa shape index (κ2) is 9.60. The zero-order valence-corrected chi connectivity index (χ0v) is 18.5. The van der Waals surface area contributed by atoms with Crippen molar-refractivity contribution >= 4 is 11.9 Å². The highest BCUT2D eigenvalue weighted by Crippen LogP contribution is 2.55. The summed E-state index contributed by atoms with van der Waals surface area (Å²) >= 11 is 0. The van der Waals surface area contributed by atoms with Crippen LogP contribution in [0, 0.1) is 0 Å². The fourth-order valence-corrected chi connectivity index (χ4v) is 2.87. The Labute approximate surface area is 178 Å². The topological polar surface area (TPSA) is 103 Å². The number of ether oxygens (including phenoxy) is 2. The molecule has 30 heavy (non-hydrogen) atoms. The van der Waals surface area contributed by atoms with Gasteiger partial charge >= 0.3 is 23.5 Å². The van der Waals surface area contributed by atoms with Crippen LogP contribution in [0.5, 0.6) is 0 Å². The molecule has 2 rings (SSSR count). The SMILES string of the molecule is C=CC(C)(C)OC(=O)CCCCCCCCC1(C2(C(=O)OC(C)(C)C=C)OO2)OO1. The lowest BCUT2D eigenvalue weighted by molar-refractivity contribution is -0.164. The number of esters is 2. The van der Waals surface area contributed by atoms with E-state index in [2.05, 4.69) is 13.2 Å². The summed E-state index contributed by atoms with van der Waals surface area (Å²) in [7, 11) is 0. The summed E-state index contributed by atoms with van der Waals surface area (Å²) in [6, 6.07) is 0. The van der Waals surface area contributed by atoms with E-state index in [1.165, 1.54) is 6.08 Å². The molecule has 0 spiro atoms. The molecule has 2 saturated heterocycles. The van der Waals surface area contributed by atoms with Gasteiger partial charge in [0, 0.05) is 12.8 Å². The van der Waals surface area contributed by atoms with Crippen molar-refractivity contribution in [3.63, 3.8) is 0 Å². The van der Waals surface area contributed by atoms with E-state index in [1.54, 1.807) is 33.8 Å². The highest BCUT2D eigenvalue weighted by molar-refractivity contribution is 5.81. The second-order valence-corrected chi connectivity index (χ2v) is 8.80. The summed E-state index contributed by atoms with van der Waals surface area (Å²) in [4.78, 5) is 44.2. The van der Waals surface area contributed by atoms with Crippen LogP contribution in [-0.2, 0) is 38.6 Å². The number of unbranched alkanes of at least 4 members (excludes halogenated alkanes) is 5. The van der Waals surface area contributed by atoms with Gasteiger partial charge in [0.2, 0.25) is 0 Å². The normalized spacial score (nSPS) is 18.9. The van der Waals surface area contributed by atoms with Crippen molar-refractivity contribution in [1.29, 1.82) is 0 Å². The molecule has 0 amide bonds. The third-order valence-corrected chi connectivity index (χ3v) is 5.16. The van der Waals surface area contributed by atoms with E-state index < -0.39 is 28.7 Å². The van der Waals surface area contributed by atoms with Gasteiger partial charge in [0.05, 0.1) is 0 Å². The number of hydrogen-bond acceptors (Lipinski definition) is 8. The van der Waals surface area contributed by atoms with Crippen molar-refractivity contribution in [3.05, 3.63) is 25.3 Å². The van der Waals surface area contributed by atoms with Crippen molar-refractivity contribution in [3.8, 4) is 0 Å². The molecule has 2 aliphatic rings. The molecule has 0 aromatic carbocycles. The van der Waals surface area contributed by atoms with Gasteiger partial charge in [0.15, 0.2) is 0 Å². The van der Waals surface area contributed by atoms with Crippen LogP contribution in [0.3, 0.4) is 0 Å². The molecule has 8 heteroatoms. The molecule has 2 aliphatic heterocycles. The Morgan fingerprint density at radius 1 is 0.800 bits per heavy atom. The van der Waals surface area contributed by atoms with Crippen LogP contribution < -0.4 is 0 Å². The largest absolute Gasteiger partial charge is 0.455 e. The van der Waals surface area contributed by atoms with Gasteiger partial charge in [0.25, 0.3) is 0 Å². The lowest BCUT2D eigenvalue weighted by Gasteiger charge is -2.22. The van der Waals surface area contributed by atoms with Gasteiger partial charge in [-0.05, 0) is 52.7 Å². The highest BCUT2D eigenvalue weighted by atomic mass is 17.5. The summed E-state index contributed by atoms with van der Waals surface area (Å²) < 4.78 is 10.7. The molecular weight excluding hydrogens is 392 g/mol. The van der Waals surface area contributed by atoms with Gasteiger partial charge in [-0.3, -0.25) is 4.79 Å². The van der Waals surface area contributed by atoms with Crippen molar-refractivity contribution in [2.24, 2.45) is 0 Å². The van der Waals surface area contributed by atoms with E-state index in [9.17, 15) is 9.59 Å². The Morgan fingerprint density at radius 2 is 1.30 bits per heavy atom. The van der Waals surface area contributed by atoms with Gasteiger partial charge < -0.3 is 9.47 Å². The first-order valence-electron chi connectivity index (χ1n) is 10.5. The number of hydrogen-bond donors (Lipinski definition) is 0. The molecular formula is C22H34O8. The zero-order chi connectivity index (χ0) is 22.5. The van der Waals surface area contributed by atoms with E-state index in [0.717, 1.165) is 38.5 Å². The molecule has 0 atom stereocenters. The van der Waals surface area contributed by atoms with E-state index >= 15 is 0 Å². The Hall–Kier alpha value is -1.74. The van der Waals surface area contributed by atoms with E-state index in [1.807, 2.05) is 0 Å². The van der Waals surface area contributed by atoms with E-state index in [-0.39, 0.29) is 5.97 Å². The van der Waals surface area contributed by atoms with Crippen molar-refractivity contribution in [2.45, 2.75) is 102 Å². The van der Waals surface area contributed by atoms with Crippen LogP contribution >= 0.6 is 0 Å². The molecule has 0 aromatic heterocycles.